The number of carboxylic acid groups (broad SMARTS) is 1. The van der Waals surface area contributed by atoms with Gasteiger partial charge in [0.25, 0.3) is 0 Å². The Morgan fingerprint density at radius 2 is 2.08 bits per heavy atom. The first-order chi connectivity index (χ1) is 5.79. The Kier molecular flexibility index (Phi) is 2.05. The molecule has 1 saturated carbocycles. The highest BCUT2D eigenvalue weighted by Crippen LogP contribution is 2.35. The van der Waals surface area contributed by atoms with E-state index in [1.165, 1.54) is 19.3 Å². The molecule has 2 fully saturated rings. The molecule has 12 heavy (non-hydrogen) atoms. The fourth-order valence-corrected chi connectivity index (χ4v) is 2.63. The Hall–Kier alpha value is -0.570. The first kappa shape index (κ1) is 8.05. The van der Waals surface area contributed by atoms with Crippen LogP contribution in [0.5, 0.6) is 0 Å². The van der Waals surface area contributed by atoms with Crippen LogP contribution in [0.1, 0.15) is 25.7 Å². The molecule has 0 aromatic rings. The van der Waals surface area contributed by atoms with Crippen LogP contribution in [0.3, 0.4) is 0 Å². The minimum Gasteiger partial charge on any atom is -0.480 e. The highest BCUT2D eigenvalue weighted by Gasteiger charge is 2.40. The molecule has 0 spiro atoms. The van der Waals surface area contributed by atoms with E-state index in [0.29, 0.717) is 11.8 Å². The van der Waals surface area contributed by atoms with E-state index in [9.17, 15) is 4.79 Å². The van der Waals surface area contributed by atoms with E-state index in [1.54, 1.807) is 0 Å². The summed E-state index contributed by atoms with van der Waals surface area (Å²) in [6.07, 6.45) is 4.83. The number of hydrogen-bond acceptors (Lipinski definition) is 2. The van der Waals surface area contributed by atoms with Gasteiger partial charge >= 0.3 is 5.97 Å². The van der Waals surface area contributed by atoms with Gasteiger partial charge in [-0.3, -0.25) is 4.79 Å². The molecule has 1 aliphatic carbocycles. The number of nitrogens with one attached hydrogen (secondary N) is 1. The lowest BCUT2D eigenvalue weighted by molar-refractivity contribution is -0.140. The van der Waals surface area contributed by atoms with Crippen LogP contribution in [-0.4, -0.2) is 23.7 Å². The van der Waals surface area contributed by atoms with Crippen molar-refractivity contribution in [2.75, 3.05) is 6.54 Å². The van der Waals surface area contributed by atoms with E-state index in [2.05, 4.69) is 5.32 Å². The maximum absolute atomic E-state index is 10.8. The average Bonchev–Trinajstić information content (AvgIpc) is 2.47. The Bertz CT molecular complexity index is 193. The topological polar surface area (TPSA) is 49.3 Å². The van der Waals surface area contributed by atoms with Crippen molar-refractivity contribution in [3.05, 3.63) is 0 Å². The van der Waals surface area contributed by atoms with Gasteiger partial charge in [-0.2, -0.15) is 0 Å². The zero-order valence-corrected chi connectivity index (χ0v) is 7.12. The molecule has 1 aliphatic heterocycles. The third-order valence-corrected chi connectivity index (χ3v) is 3.26. The van der Waals surface area contributed by atoms with Gasteiger partial charge in [-0.25, -0.2) is 0 Å². The minimum atomic E-state index is -0.663. The minimum absolute atomic E-state index is 0.254. The van der Waals surface area contributed by atoms with Crippen molar-refractivity contribution < 1.29 is 9.90 Å². The third-order valence-electron chi connectivity index (χ3n) is 3.26. The van der Waals surface area contributed by atoms with Gasteiger partial charge in [0.1, 0.15) is 6.04 Å². The Morgan fingerprint density at radius 1 is 1.33 bits per heavy atom. The lowest BCUT2D eigenvalue weighted by Crippen LogP contribution is -2.36. The van der Waals surface area contributed by atoms with Crippen molar-refractivity contribution in [1.29, 1.82) is 0 Å². The lowest BCUT2D eigenvalue weighted by Gasteiger charge is -2.26. The fourth-order valence-electron chi connectivity index (χ4n) is 2.63. The standard InChI is InChI=1S/C9H15NO2/c11-9(12)8-7-4-2-1-3-6(7)5-10-8/h6-8,10H,1-5H2,(H,11,12)/t6-,7+,8-/m0/s1. The summed E-state index contributed by atoms with van der Waals surface area (Å²) in [5.74, 6) is 0.389. The second-order valence-corrected chi connectivity index (χ2v) is 3.93. The molecule has 0 amide bonds. The Morgan fingerprint density at radius 3 is 2.83 bits per heavy atom. The molecule has 0 aromatic carbocycles. The largest absolute Gasteiger partial charge is 0.480 e. The fraction of sp³-hybridized carbons (Fsp3) is 0.889. The van der Waals surface area contributed by atoms with Gasteiger partial charge in [-0.05, 0) is 31.2 Å². The molecule has 0 unspecified atom stereocenters. The van der Waals surface area contributed by atoms with Crippen LogP contribution in [0.15, 0.2) is 0 Å². The smallest absolute Gasteiger partial charge is 0.320 e. The molecule has 2 N–H and O–H groups in total. The zero-order valence-electron chi connectivity index (χ0n) is 7.12. The van der Waals surface area contributed by atoms with Crippen LogP contribution in [0.25, 0.3) is 0 Å². The second kappa shape index (κ2) is 3.05. The van der Waals surface area contributed by atoms with Crippen molar-refractivity contribution in [3.8, 4) is 0 Å². The first-order valence-corrected chi connectivity index (χ1v) is 4.75. The van der Waals surface area contributed by atoms with Gasteiger partial charge in [0.2, 0.25) is 0 Å². The quantitative estimate of drug-likeness (QED) is 0.611. The van der Waals surface area contributed by atoms with E-state index in [-0.39, 0.29) is 6.04 Å². The molecule has 3 nitrogen and oxygen atoms in total. The summed E-state index contributed by atoms with van der Waals surface area (Å²) in [4.78, 5) is 10.8. The predicted molar refractivity (Wildman–Crippen MR) is 44.9 cm³/mol. The Labute approximate surface area is 72.2 Å². The number of fused-ring (bicyclic) bond motifs is 1. The summed E-state index contributed by atoms with van der Waals surface area (Å²) in [7, 11) is 0. The van der Waals surface area contributed by atoms with Crippen molar-refractivity contribution in [2.45, 2.75) is 31.7 Å². The zero-order chi connectivity index (χ0) is 8.55. The summed E-state index contributed by atoms with van der Waals surface area (Å²) >= 11 is 0. The number of carbonyl (C=O) groups is 1. The molecule has 3 heteroatoms. The molecule has 0 bridgehead atoms. The molecular formula is C9H15NO2. The van der Waals surface area contributed by atoms with Crippen LogP contribution in [0.2, 0.25) is 0 Å². The lowest BCUT2D eigenvalue weighted by atomic mass is 9.78. The predicted octanol–water partition coefficient (Wildman–Crippen LogP) is 0.849. The van der Waals surface area contributed by atoms with Crippen LogP contribution in [0.4, 0.5) is 0 Å². The van der Waals surface area contributed by atoms with Crippen LogP contribution >= 0.6 is 0 Å². The molecule has 1 saturated heterocycles. The van der Waals surface area contributed by atoms with Crippen molar-refractivity contribution in [1.82, 2.24) is 5.32 Å². The van der Waals surface area contributed by atoms with Crippen LogP contribution < -0.4 is 5.32 Å². The molecule has 0 radical (unpaired) electrons. The summed E-state index contributed by atoms with van der Waals surface area (Å²) < 4.78 is 0. The van der Waals surface area contributed by atoms with E-state index in [4.69, 9.17) is 5.11 Å². The summed E-state index contributed by atoms with van der Waals surface area (Å²) in [5.41, 5.74) is 0. The van der Waals surface area contributed by atoms with Crippen molar-refractivity contribution >= 4 is 5.97 Å². The molecule has 1 heterocycles. The van der Waals surface area contributed by atoms with E-state index in [1.807, 2.05) is 0 Å². The highest BCUT2D eigenvalue weighted by atomic mass is 16.4. The maximum Gasteiger partial charge on any atom is 0.320 e. The summed E-state index contributed by atoms with van der Waals surface area (Å²) in [6.45, 7) is 0.918. The molecular weight excluding hydrogens is 154 g/mol. The molecule has 68 valence electrons. The first-order valence-electron chi connectivity index (χ1n) is 4.75. The number of aliphatic carboxylic acids is 1. The third kappa shape index (κ3) is 1.22. The molecule has 0 aromatic heterocycles. The monoisotopic (exact) mass is 169 g/mol. The van der Waals surface area contributed by atoms with Crippen molar-refractivity contribution in [3.63, 3.8) is 0 Å². The molecule has 3 atom stereocenters. The number of rotatable bonds is 1. The normalized spacial score (nSPS) is 40.8. The number of hydrogen-bond donors (Lipinski definition) is 2. The van der Waals surface area contributed by atoms with Gasteiger partial charge in [0.05, 0.1) is 0 Å². The summed E-state index contributed by atoms with van der Waals surface area (Å²) in [5, 5.41) is 12.0. The molecule has 2 aliphatic rings. The average molecular weight is 169 g/mol. The van der Waals surface area contributed by atoms with Crippen molar-refractivity contribution in [2.24, 2.45) is 11.8 Å². The van der Waals surface area contributed by atoms with E-state index >= 15 is 0 Å². The SMILES string of the molecule is O=C(O)[C@H]1NC[C@@H]2CCCC[C@H]21. The van der Waals surface area contributed by atoms with Gasteiger partial charge in [-0.15, -0.1) is 0 Å². The van der Waals surface area contributed by atoms with E-state index < -0.39 is 5.97 Å². The van der Waals surface area contributed by atoms with Gasteiger partial charge in [0.15, 0.2) is 0 Å². The van der Waals surface area contributed by atoms with Gasteiger partial charge < -0.3 is 10.4 Å². The number of carboxylic acids is 1. The highest BCUT2D eigenvalue weighted by molar-refractivity contribution is 5.74. The maximum atomic E-state index is 10.8. The van der Waals surface area contributed by atoms with Crippen LogP contribution in [0, 0.1) is 11.8 Å². The van der Waals surface area contributed by atoms with Gasteiger partial charge in [0, 0.05) is 0 Å². The Balaban J connectivity index is 2.05. The van der Waals surface area contributed by atoms with Gasteiger partial charge in [-0.1, -0.05) is 12.8 Å². The molecule has 2 rings (SSSR count). The summed E-state index contributed by atoms with van der Waals surface area (Å²) in [6, 6.07) is -0.254. The second-order valence-electron chi connectivity index (χ2n) is 3.93. The van der Waals surface area contributed by atoms with E-state index in [0.717, 1.165) is 13.0 Å². The van der Waals surface area contributed by atoms with Crippen LogP contribution in [-0.2, 0) is 4.79 Å².